The Morgan fingerprint density at radius 2 is 1.42 bits per heavy atom. The predicted molar refractivity (Wildman–Crippen MR) is 160 cm³/mol. The zero-order valence-electron chi connectivity index (χ0n) is 21.8. The van der Waals surface area contributed by atoms with Crippen LogP contribution in [0.4, 0.5) is 0 Å². The summed E-state index contributed by atoms with van der Waals surface area (Å²) < 4.78 is 28.2. The number of alkyl halides is 1. The summed E-state index contributed by atoms with van der Waals surface area (Å²) in [6.45, 7) is 0.916. The number of hydrogen-bond acceptors (Lipinski definition) is 4. The number of halogens is 1. The predicted octanol–water partition coefficient (Wildman–Crippen LogP) is 8.49. The van der Waals surface area contributed by atoms with E-state index in [2.05, 4.69) is 12.1 Å². The molecule has 3 aromatic carbocycles. The molecular formula is C32H36ClO3PS. The third kappa shape index (κ3) is 6.32. The van der Waals surface area contributed by atoms with Crippen LogP contribution in [-0.4, -0.2) is 24.4 Å². The van der Waals surface area contributed by atoms with E-state index in [1.165, 1.54) is 6.42 Å². The van der Waals surface area contributed by atoms with Gasteiger partial charge in [0.2, 0.25) is 0 Å². The lowest BCUT2D eigenvalue weighted by atomic mass is 9.88. The van der Waals surface area contributed by atoms with Crippen molar-refractivity contribution in [2.75, 3.05) is 13.2 Å². The first-order valence-corrected chi connectivity index (χ1v) is 16.6. The van der Waals surface area contributed by atoms with E-state index in [4.69, 9.17) is 21.1 Å². The van der Waals surface area contributed by atoms with Crippen molar-refractivity contribution < 1.29 is 14.0 Å². The summed E-state index contributed by atoms with van der Waals surface area (Å²) in [4.78, 5) is 1.48. The zero-order chi connectivity index (χ0) is 26.3. The largest absolute Gasteiger partial charge is 0.353 e. The molecular weight excluding hydrogens is 531 g/mol. The Kier molecular flexibility index (Phi) is 9.51. The van der Waals surface area contributed by atoms with Gasteiger partial charge >= 0.3 is 0 Å². The molecule has 200 valence electrons. The first-order chi connectivity index (χ1) is 18.6. The van der Waals surface area contributed by atoms with E-state index in [0.29, 0.717) is 6.61 Å². The van der Waals surface area contributed by atoms with Gasteiger partial charge < -0.3 is 14.0 Å². The van der Waals surface area contributed by atoms with E-state index in [9.17, 15) is 0 Å². The lowest BCUT2D eigenvalue weighted by Crippen LogP contribution is -2.31. The molecule has 3 nitrogen and oxygen atoms in total. The fourth-order valence-corrected chi connectivity index (χ4v) is 10.4. The number of ether oxygens (including phenoxy) is 2. The van der Waals surface area contributed by atoms with Gasteiger partial charge in [-0.15, -0.1) is 11.6 Å². The van der Waals surface area contributed by atoms with Gasteiger partial charge in [-0.2, -0.15) is 0 Å². The molecule has 1 saturated carbocycles. The molecule has 5 rings (SSSR count). The van der Waals surface area contributed by atoms with Crippen molar-refractivity contribution in [3.63, 3.8) is 0 Å². The van der Waals surface area contributed by atoms with Gasteiger partial charge in [0.05, 0.1) is 11.5 Å². The van der Waals surface area contributed by atoms with E-state index >= 15 is 4.57 Å². The molecule has 2 fully saturated rings. The van der Waals surface area contributed by atoms with Crippen molar-refractivity contribution in [3.05, 3.63) is 101 Å². The second-order valence-electron chi connectivity index (χ2n) is 10.1. The number of rotatable bonds is 9. The minimum atomic E-state index is -3.31. The topological polar surface area (TPSA) is 35.5 Å². The number of allylic oxidation sites excluding steroid dienone is 1. The molecule has 3 aromatic rings. The van der Waals surface area contributed by atoms with Crippen LogP contribution in [0, 0.1) is 0 Å². The molecule has 0 spiro atoms. The van der Waals surface area contributed by atoms with Crippen LogP contribution >= 0.6 is 30.5 Å². The van der Waals surface area contributed by atoms with Crippen molar-refractivity contribution >= 4 is 41.1 Å². The van der Waals surface area contributed by atoms with E-state index < -0.39 is 12.0 Å². The van der Waals surface area contributed by atoms with Gasteiger partial charge in [-0.05, 0) is 44.2 Å². The lowest BCUT2D eigenvalue weighted by molar-refractivity contribution is -0.156. The molecule has 0 radical (unpaired) electrons. The summed E-state index contributed by atoms with van der Waals surface area (Å²) >= 11 is 9.26. The fraction of sp³-hybridized carbons (Fsp3) is 0.375. The Hall–Kier alpha value is -1.81. The van der Waals surface area contributed by atoms with Gasteiger partial charge in [-0.25, -0.2) is 0 Å². The summed E-state index contributed by atoms with van der Waals surface area (Å²) in [5.74, 6) is 0. The average Bonchev–Trinajstić information content (AvgIpc) is 2.99. The summed E-state index contributed by atoms with van der Waals surface area (Å²) in [6, 6.07) is 30.1. The molecule has 0 amide bonds. The molecule has 1 aliphatic carbocycles. The Labute approximate surface area is 236 Å². The maximum atomic E-state index is 15.8. The van der Waals surface area contributed by atoms with E-state index in [1.807, 2.05) is 78.9 Å². The molecule has 1 saturated heterocycles. The summed E-state index contributed by atoms with van der Waals surface area (Å²) in [5, 5.41) is 2.41. The minimum Gasteiger partial charge on any atom is -0.353 e. The van der Waals surface area contributed by atoms with Crippen molar-refractivity contribution in [2.24, 2.45) is 0 Å². The number of benzene rings is 3. The first-order valence-electron chi connectivity index (χ1n) is 13.7. The lowest BCUT2D eigenvalue weighted by Gasteiger charge is -2.37. The van der Waals surface area contributed by atoms with Gasteiger partial charge in [0.25, 0.3) is 0 Å². The maximum absolute atomic E-state index is 15.8. The Bertz CT molecular complexity index is 1190. The van der Waals surface area contributed by atoms with E-state index in [1.54, 1.807) is 11.8 Å². The average molecular weight is 567 g/mol. The highest BCUT2D eigenvalue weighted by Gasteiger charge is 2.43. The Morgan fingerprint density at radius 1 is 0.842 bits per heavy atom. The smallest absolute Gasteiger partial charge is 0.170 e. The molecule has 38 heavy (non-hydrogen) atoms. The van der Waals surface area contributed by atoms with Gasteiger partial charge in [0.15, 0.2) is 13.4 Å². The normalized spacial score (nSPS) is 20.5. The molecule has 1 heterocycles. The van der Waals surface area contributed by atoms with Crippen LogP contribution in [0.25, 0.3) is 0 Å². The van der Waals surface area contributed by atoms with Crippen molar-refractivity contribution in [1.82, 2.24) is 0 Å². The quantitative estimate of drug-likeness (QED) is 0.148. The molecule has 0 N–H and O–H groups in total. The second kappa shape index (κ2) is 13.0. The van der Waals surface area contributed by atoms with Crippen LogP contribution in [0.3, 0.4) is 0 Å². The van der Waals surface area contributed by atoms with Crippen LogP contribution in [0.5, 0.6) is 0 Å². The summed E-state index contributed by atoms with van der Waals surface area (Å²) in [6.07, 6.45) is 7.69. The van der Waals surface area contributed by atoms with E-state index in [-0.39, 0.29) is 12.9 Å². The molecule has 1 aliphatic heterocycles. The number of thioether (sulfide) groups is 1. The fourth-order valence-electron chi connectivity index (χ4n) is 5.41. The monoisotopic (exact) mass is 566 g/mol. The van der Waals surface area contributed by atoms with E-state index in [0.717, 1.165) is 70.7 Å². The second-order valence-corrected chi connectivity index (χ2v) is 14.7. The molecule has 0 bridgehead atoms. The van der Waals surface area contributed by atoms with Gasteiger partial charge in [0, 0.05) is 32.3 Å². The van der Waals surface area contributed by atoms with Gasteiger partial charge in [0.1, 0.15) is 0 Å². The van der Waals surface area contributed by atoms with Crippen LogP contribution in [0.2, 0.25) is 0 Å². The maximum Gasteiger partial charge on any atom is 0.170 e. The van der Waals surface area contributed by atoms with Crippen LogP contribution < -0.4 is 10.6 Å². The SMILES string of the molecule is O=P(/C(COC1CCCCO1)=C(/Sc1ccccc1)C1(Cl)CCCCC1)(c1ccccc1)c1ccccc1. The Balaban J connectivity index is 1.72. The molecule has 1 atom stereocenters. The van der Waals surface area contributed by atoms with Crippen molar-refractivity contribution in [3.8, 4) is 0 Å². The highest BCUT2D eigenvalue weighted by atomic mass is 35.5. The van der Waals surface area contributed by atoms with Crippen LogP contribution in [-0.2, 0) is 14.0 Å². The van der Waals surface area contributed by atoms with Gasteiger partial charge in [-0.1, -0.05) is 110 Å². The molecule has 2 aliphatic rings. The van der Waals surface area contributed by atoms with Gasteiger partial charge in [-0.3, -0.25) is 0 Å². The van der Waals surface area contributed by atoms with Crippen LogP contribution in [0.1, 0.15) is 51.4 Å². The third-order valence-corrected chi connectivity index (χ3v) is 12.8. The Morgan fingerprint density at radius 3 is 1.97 bits per heavy atom. The summed E-state index contributed by atoms with van der Waals surface area (Å²) in [7, 11) is -3.31. The van der Waals surface area contributed by atoms with Crippen molar-refractivity contribution in [2.45, 2.75) is 67.4 Å². The number of hydrogen-bond donors (Lipinski definition) is 0. The zero-order valence-corrected chi connectivity index (χ0v) is 24.2. The minimum absolute atomic E-state index is 0.218. The highest BCUT2D eigenvalue weighted by molar-refractivity contribution is 8.03. The summed E-state index contributed by atoms with van der Waals surface area (Å²) in [5.41, 5.74) is 0. The molecule has 6 heteroatoms. The first kappa shape index (κ1) is 27.7. The third-order valence-electron chi connectivity index (χ3n) is 7.44. The molecule has 1 unspecified atom stereocenters. The highest BCUT2D eigenvalue weighted by Crippen LogP contribution is 2.59. The molecule has 0 aromatic heterocycles. The van der Waals surface area contributed by atoms with Crippen LogP contribution in [0.15, 0.2) is 106 Å². The van der Waals surface area contributed by atoms with Crippen molar-refractivity contribution in [1.29, 1.82) is 0 Å². The standard InChI is InChI=1S/C32H36ClO3PS/c33-32(22-12-4-13-23-32)31(38-28-19-9-3-10-20-28)29(25-36-30-21-11-14-24-35-30)37(34,26-15-5-1-6-16-26)27-17-7-2-8-18-27/h1-3,5-10,15-20,30H,4,11-14,21-25H2/b31-29+.